The Bertz CT molecular complexity index is 527. The maximum Gasteiger partial charge on any atom is 0.416 e. The molecule has 0 saturated heterocycles. The summed E-state index contributed by atoms with van der Waals surface area (Å²) in [7, 11) is 0. The highest BCUT2D eigenvalue weighted by molar-refractivity contribution is 5.45. The van der Waals surface area contributed by atoms with Gasteiger partial charge in [-0.05, 0) is 25.5 Å². The lowest BCUT2D eigenvalue weighted by atomic mass is 9.84. The number of terminal acetylenes is 1. The molecule has 0 fully saturated rings. The summed E-state index contributed by atoms with van der Waals surface area (Å²) in [6.45, 7) is 3.04. The molecule has 6 heteroatoms. The third kappa shape index (κ3) is 2.80. The molecule has 0 radical (unpaired) electrons. The summed E-state index contributed by atoms with van der Waals surface area (Å²) in [5, 5.41) is 10.6. The molecule has 0 aliphatic heterocycles. The predicted octanol–water partition coefficient (Wildman–Crippen LogP) is 3.52. The Morgan fingerprint density at radius 3 is 2.11 bits per heavy atom. The van der Waals surface area contributed by atoms with Gasteiger partial charge in [0, 0.05) is 12.1 Å². The van der Waals surface area contributed by atoms with Crippen molar-refractivity contribution in [3.8, 4) is 12.3 Å². The van der Waals surface area contributed by atoms with Gasteiger partial charge in [0.15, 0.2) is 0 Å². The van der Waals surface area contributed by atoms with E-state index < -0.39 is 27.8 Å². The summed E-state index contributed by atoms with van der Waals surface area (Å²) in [6.07, 6.45) is 0.575. The summed E-state index contributed by atoms with van der Waals surface area (Å²) in [4.78, 5) is 9.76. The number of nitrogens with zero attached hydrogens (tertiary/aromatic N) is 1. The average molecular weight is 257 g/mol. The van der Waals surface area contributed by atoms with Crippen LogP contribution in [-0.2, 0) is 11.6 Å². The van der Waals surface area contributed by atoms with Gasteiger partial charge in [0.1, 0.15) is 0 Å². The molecule has 0 aliphatic carbocycles. The van der Waals surface area contributed by atoms with Crippen molar-refractivity contribution in [3.05, 3.63) is 39.4 Å². The maximum absolute atomic E-state index is 12.6. The number of nitro benzene ring substituents is 1. The Morgan fingerprint density at radius 2 is 1.72 bits per heavy atom. The second-order valence-corrected chi connectivity index (χ2v) is 4.29. The SMILES string of the molecule is C#CC(C)(C)c1cc([N+](=O)[O-])cc(C(F)(F)F)c1. The lowest BCUT2D eigenvalue weighted by Crippen LogP contribution is -2.16. The van der Waals surface area contributed by atoms with Gasteiger partial charge in [0.2, 0.25) is 0 Å². The maximum atomic E-state index is 12.6. The van der Waals surface area contributed by atoms with E-state index in [-0.39, 0.29) is 5.56 Å². The zero-order valence-electron chi connectivity index (χ0n) is 9.71. The molecule has 1 aromatic rings. The monoisotopic (exact) mass is 257 g/mol. The van der Waals surface area contributed by atoms with Crippen molar-refractivity contribution < 1.29 is 18.1 Å². The van der Waals surface area contributed by atoms with Crippen LogP contribution in [0.5, 0.6) is 0 Å². The van der Waals surface area contributed by atoms with E-state index >= 15 is 0 Å². The summed E-state index contributed by atoms with van der Waals surface area (Å²) in [6, 6.07) is 2.40. The molecule has 1 aromatic carbocycles. The molecule has 0 aliphatic rings. The van der Waals surface area contributed by atoms with Crippen LogP contribution in [0.2, 0.25) is 0 Å². The smallest absolute Gasteiger partial charge is 0.258 e. The van der Waals surface area contributed by atoms with Crippen LogP contribution in [-0.4, -0.2) is 4.92 Å². The molecule has 0 saturated carbocycles. The molecular weight excluding hydrogens is 247 g/mol. The van der Waals surface area contributed by atoms with E-state index in [2.05, 4.69) is 5.92 Å². The fourth-order valence-electron chi connectivity index (χ4n) is 1.32. The lowest BCUT2D eigenvalue weighted by Gasteiger charge is -2.19. The number of non-ortho nitro benzene ring substituents is 1. The van der Waals surface area contributed by atoms with Crippen molar-refractivity contribution in [2.45, 2.75) is 25.4 Å². The first-order valence-electron chi connectivity index (χ1n) is 4.93. The molecule has 0 heterocycles. The third-order valence-electron chi connectivity index (χ3n) is 2.54. The first-order chi connectivity index (χ1) is 8.08. The zero-order valence-corrected chi connectivity index (χ0v) is 9.71. The van der Waals surface area contributed by atoms with Gasteiger partial charge in [0.05, 0.1) is 15.9 Å². The van der Waals surface area contributed by atoms with Gasteiger partial charge < -0.3 is 0 Å². The molecule has 1 rings (SSSR count). The molecule has 0 aromatic heterocycles. The van der Waals surface area contributed by atoms with E-state index in [0.717, 1.165) is 12.1 Å². The number of halogens is 3. The zero-order chi connectivity index (χ0) is 14.1. The van der Waals surface area contributed by atoms with Crippen LogP contribution < -0.4 is 0 Å². The van der Waals surface area contributed by atoms with Crippen LogP contribution in [0.25, 0.3) is 0 Å². The highest BCUT2D eigenvalue weighted by Gasteiger charge is 2.34. The van der Waals surface area contributed by atoms with Crippen molar-refractivity contribution in [1.82, 2.24) is 0 Å². The van der Waals surface area contributed by atoms with Crippen molar-refractivity contribution in [2.24, 2.45) is 0 Å². The molecular formula is C12H10F3NO2. The normalized spacial score (nSPS) is 12.0. The van der Waals surface area contributed by atoms with E-state index in [9.17, 15) is 23.3 Å². The highest BCUT2D eigenvalue weighted by Crippen LogP contribution is 2.35. The standard InChI is InChI=1S/C12H10F3NO2/c1-4-11(2,3)8-5-9(12(13,14)15)7-10(6-8)16(17)18/h1,5-7H,2-3H3. The minimum atomic E-state index is -4.65. The van der Waals surface area contributed by atoms with Gasteiger partial charge in [-0.15, -0.1) is 6.42 Å². The Hall–Kier alpha value is -2.03. The number of alkyl halides is 3. The number of hydrogen-bond donors (Lipinski definition) is 0. The Labute approximate surface area is 102 Å². The van der Waals surface area contributed by atoms with Crippen molar-refractivity contribution in [3.63, 3.8) is 0 Å². The minimum Gasteiger partial charge on any atom is -0.258 e. The third-order valence-corrected chi connectivity index (χ3v) is 2.54. The van der Waals surface area contributed by atoms with E-state index in [1.54, 1.807) is 0 Å². The first-order valence-corrected chi connectivity index (χ1v) is 4.93. The molecule has 0 N–H and O–H groups in total. The van der Waals surface area contributed by atoms with Gasteiger partial charge in [-0.25, -0.2) is 0 Å². The largest absolute Gasteiger partial charge is 0.416 e. The van der Waals surface area contributed by atoms with Gasteiger partial charge in [-0.1, -0.05) is 5.92 Å². The fraction of sp³-hybridized carbons (Fsp3) is 0.333. The molecule has 18 heavy (non-hydrogen) atoms. The van der Waals surface area contributed by atoms with Crippen LogP contribution >= 0.6 is 0 Å². The second-order valence-electron chi connectivity index (χ2n) is 4.29. The Morgan fingerprint density at radius 1 is 1.22 bits per heavy atom. The number of hydrogen-bond acceptors (Lipinski definition) is 2. The molecule has 3 nitrogen and oxygen atoms in total. The summed E-state index contributed by atoms with van der Waals surface area (Å²) in [5.41, 5.74) is -2.61. The Kier molecular flexibility index (Phi) is 3.38. The number of rotatable bonds is 2. The summed E-state index contributed by atoms with van der Waals surface area (Å²) < 4.78 is 37.9. The fourth-order valence-corrected chi connectivity index (χ4v) is 1.32. The van der Waals surface area contributed by atoms with Crippen molar-refractivity contribution in [1.29, 1.82) is 0 Å². The minimum absolute atomic E-state index is 0.0894. The molecule has 0 unspecified atom stereocenters. The van der Waals surface area contributed by atoms with Crippen LogP contribution in [0.1, 0.15) is 25.0 Å². The van der Waals surface area contributed by atoms with Crippen molar-refractivity contribution >= 4 is 5.69 Å². The molecule has 96 valence electrons. The summed E-state index contributed by atoms with van der Waals surface area (Å²) >= 11 is 0. The van der Waals surface area contributed by atoms with Crippen LogP contribution in [0.15, 0.2) is 18.2 Å². The van der Waals surface area contributed by atoms with Gasteiger partial charge >= 0.3 is 6.18 Å². The average Bonchev–Trinajstić information content (AvgIpc) is 2.27. The van der Waals surface area contributed by atoms with E-state index in [0.29, 0.717) is 6.07 Å². The second kappa shape index (κ2) is 4.33. The topological polar surface area (TPSA) is 43.1 Å². The van der Waals surface area contributed by atoms with Crippen LogP contribution in [0, 0.1) is 22.5 Å². The predicted molar refractivity (Wildman–Crippen MR) is 60.0 cm³/mol. The van der Waals surface area contributed by atoms with Gasteiger partial charge in [0.25, 0.3) is 5.69 Å². The van der Waals surface area contributed by atoms with Gasteiger partial charge in [-0.2, -0.15) is 13.2 Å². The molecule has 0 amide bonds. The number of benzene rings is 1. The molecule has 0 bridgehead atoms. The first kappa shape index (κ1) is 14.0. The van der Waals surface area contributed by atoms with Crippen LogP contribution in [0.3, 0.4) is 0 Å². The highest BCUT2D eigenvalue weighted by atomic mass is 19.4. The Balaban J connectivity index is 3.52. The van der Waals surface area contributed by atoms with E-state index in [1.165, 1.54) is 13.8 Å². The molecule has 0 spiro atoms. The number of nitro groups is 1. The van der Waals surface area contributed by atoms with E-state index in [4.69, 9.17) is 6.42 Å². The summed E-state index contributed by atoms with van der Waals surface area (Å²) in [5.74, 6) is 2.31. The van der Waals surface area contributed by atoms with Crippen molar-refractivity contribution in [2.75, 3.05) is 0 Å². The quantitative estimate of drug-likeness (QED) is 0.462. The van der Waals surface area contributed by atoms with E-state index in [1.807, 2.05) is 0 Å². The molecule has 0 atom stereocenters. The lowest BCUT2D eigenvalue weighted by molar-refractivity contribution is -0.385. The van der Waals surface area contributed by atoms with Gasteiger partial charge in [-0.3, -0.25) is 10.1 Å². The van der Waals surface area contributed by atoms with Crippen LogP contribution in [0.4, 0.5) is 18.9 Å².